The maximum absolute atomic E-state index is 12.8. The Morgan fingerprint density at radius 2 is 1.70 bits per heavy atom. The molecule has 1 aromatic carbocycles. The number of nitrogens with zero attached hydrogens (tertiary/aromatic N) is 1. The Hall–Kier alpha value is -1.74. The van der Waals surface area contributed by atoms with Gasteiger partial charge in [-0.15, -0.1) is 0 Å². The van der Waals surface area contributed by atoms with E-state index in [9.17, 15) is 19.2 Å². The number of likely N-dealkylation sites (tertiary alicyclic amines) is 1. The van der Waals surface area contributed by atoms with Gasteiger partial charge in [-0.2, -0.15) is 0 Å². The molecule has 2 N–H and O–H groups in total. The highest BCUT2D eigenvalue weighted by atomic mass is 79.9. The van der Waals surface area contributed by atoms with E-state index >= 15 is 0 Å². The molecule has 2 saturated carbocycles. The van der Waals surface area contributed by atoms with Gasteiger partial charge in [0.1, 0.15) is 6.54 Å². The van der Waals surface area contributed by atoms with Crippen LogP contribution in [0.2, 0.25) is 0 Å². The first-order chi connectivity index (χ1) is 12.8. The minimum atomic E-state index is -1.10. The number of hydrogen-bond donors (Lipinski definition) is 2. The number of amides is 3. The summed E-state index contributed by atoms with van der Waals surface area (Å²) in [5, 5.41) is 11.6. The number of benzene rings is 1. The first-order valence-corrected chi connectivity index (χ1v) is 10.4. The highest BCUT2D eigenvalue weighted by molar-refractivity contribution is 9.12. The van der Waals surface area contributed by atoms with Crippen molar-refractivity contribution in [3.8, 4) is 0 Å². The summed E-state index contributed by atoms with van der Waals surface area (Å²) in [6.45, 7) is -0.360. The van der Waals surface area contributed by atoms with Crippen LogP contribution >= 0.6 is 31.9 Å². The first kappa shape index (κ1) is 18.6. The fraction of sp³-hybridized carbons (Fsp3) is 0.444. The van der Waals surface area contributed by atoms with E-state index in [-0.39, 0.29) is 57.2 Å². The molecule has 3 amide bonds. The largest absolute Gasteiger partial charge is 0.478 e. The van der Waals surface area contributed by atoms with Gasteiger partial charge in [-0.05, 0) is 36.5 Å². The third-order valence-electron chi connectivity index (χ3n) is 5.77. The van der Waals surface area contributed by atoms with Gasteiger partial charge in [0.15, 0.2) is 0 Å². The summed E-state index contributed by atoms with van der Waals surface area (Å²) in [7, 11) is 0. The van der Waals surface area contributed by atoms with E-state index in [0.717, 1.165) is 11.3 Å². The predicted molar refractivity (Wildman–Crippen MR) is 103 cm³/mol. The Balaban J connectivity index is 1.47. The quantitative estimate of drug-likeness (QED) is 0.487. The van der Waals surface area contributed by atoms with Gasteiger partial charge in [-0.3, -0.25) is 19.3 Å². The lowest BCUT2D eigenvalue weighted by atomic mass is 9.81. The molecule has 1 aliphatic heterocycles. The van der Waals surface area contributed by atoms with E-state index in [1.165, 1.54) is 18.2 Å². The van der Waals surface area contributed by atoms with Crippen LogP contribution in [0.3, 0.4) is 0 Å². The van der Waals surface area contributed by atoms with Crippen molar-refractivity contribution in [3.05, 3.63) is 29.8 Å². The van der Waals surface area contributed by atoms with Crippen LogP contribution in [0.1, 0.15) is 16.8 Å². The minimum Gasteiger partial charge on any atom is -0.478 e. The summed E-state index contributed by atoms with van der Waals surface area (Å²) in [5.74, 6) is -2.72. The number of fused-ring (bicyclic) bond motifs is 5. The molecule has 4 rings (SSSR count). The Labute approximate surface area is 171 Å². The van der Waals surface area contributed by atoms with E-state index in [1.807, 2.05) is 0 Å². The van der Waals surface area contributed by atoms with Gasteiger partial charge in [-0.25, -0.2) is 4.79 Å². The molecule has 142 valence electrons. The molecular weight excluding hydrogens is 484 g/mol. The fourth-order valence-electron chi connectivity index (χ4n) is 4.64. The molecule has 0 unspecified atom stereocenters. The Morgan fingerprint density at radius 3 is 2.26 bits per heavy atom. The zero-order valence-electron chi connectivity index (χ0n) is 14.0. The molecule has 3 aliphatic rings. The second-order valence-electron chi connectivity index (χ2n) is 7.20. The summed E-state index contributed by atoms with van der Waals surface area (Å²) in [6.07, 6.45) is 0.834. The molecule has 2 bridgehead atoms. The van der Waals surface area contributed by atoms with Crippen LogP contribution < -0.4 is 5.32 Å². The number of imide groups is 1. The van der Waals surface area contributed by atoms with Gasteiger partial charge in [0.2, 0.25) is 17.7 Å². The van der Waals surface area contributed by atoms with Gasteiger partial charge in [-0.1, -0.05) is 37.9 Å². The number of nitrogens with one attached hydrogen (secondary N) is 1. The number of rotatable bonds is 4. The molecule has 1 heterocycles. The first-order valence-electron chi connectivity index (χ1n) is 8.56. The van der Waals surface area contributed by atoms with Crippen molar-refractivity contribution in [3.63, 3.8) is 0 Å². The van der Waals surface area contributed by atoms with Gasteiger partial charge in [0.25, 0.3) is 0 Å². The molecule has 6 atom stereocenters. The zero-order valence-corrected chi connectivity index (χ0v) is 17.1. The van der Waals surface area contributed by atoms with E-state index in [0.29, 0.717) is 5.69 Å². The normalized spacial score (nSPS) is 34.1. The third kappa shape index (κ3) is 2.91. The Bertz CT molecular complexity index is 828. The van der Waals surface area contributed by atoms with Crippen molar-refractivity contribution in [2.45, 2.75) is 16.1 Å². The summed E-state index contributed by atoms with van der Waals surface area (Å²) < 4.78 is 0. The minimum absolute atomic E-state index is 0.0407. The van der Waals surface area contributed by atoms with Crippen LogP contribution in [0.25, 0.3) is 0 Å². The van der Waals surface area contributed by atoms with Gasteiger partial charge in [0, 0.05) is 15.3 Å². The van der Waals surface area contributed by atoms with Crippen LogP contribution in [0.5, 0.6) is 0 Å². The molecule has 0 radical (unpaired) electrons. The number of aromatic carboxylic acids is 1. The molecule has 3 fully saturated rings. The number of carboxylic acid groups (broad SMARTS) is 1. The van der Waals surface area contributed by atoms with Crippen molar-refractivity contribution >= 4 is 61.2 Å². The van der Waals surface area contributed by atoms with Crippen molar-refractivity contribution in [2.24, 2.45) is 23.7 Å². The number of halogens is 2. The second kappa shape index (κ2) is 6.70. The van der Waals surface area contributed by atoms with Gasteiger partial charge >= 0.3 is 5.97 Å². The second-order valence-corrected chi connectivity index (χ2v) is 9.32. The molecule has 0 aromatic heterocycles. The van der Waals surface area contributed by atoms with Crippen LogP contribution in [-0.4, -0.2) is 49.9 Å². The van der Waals surface area contributed by atoms with Crippen LogP contribution in [0, 0.1) is 23.7 Å². The topological polar surface area (TPSA) is 104 Å². The highest BCUT2D eigenvalue weighted by Gasteiger charge is 2.66. The van der Waals surface area contributed by atoms with Crippen molar-refractivity contribution in [1.82, 2.24) is 4.90 Å². The lowest BCUT2D eigenvalue weighted by molar-refractivity contribution is -0.143. The predicted octanol–water partition coefficient (Wildman–Crippen LogP) is 2.10. The number of hydrogen-bond acceptors (Lipinski definition) is 4. The number of carboxylic acids is 1. The SMILES string of the molecule is O=C(CN1C(=O)[C@@H]2[C@H]3C[C@@H]([C@@H](Br)[C@H]3Br)[C@H]2C1=O)Nc1cccc(C(=O)O)c1. The number of carbonyl (C=O) groups is 4. The monoisotopic (exact) mass is 498 g/mol. The van der Waals surface area contributed by atoms with Crippen LogP contribution in [-0.2, 0) is 14.4 Å². The molecule has 27 heavy (non-hydrogen) atoms. The molecular formula is C18H16Br2N2O5. The summed E-state index contributed by atoms with van der Waals surface area (Å²) in [4.78, 5) is 50.3. The molecule has 7 nitrogen and oxygen atoms in total. The van der Waals surface area contributed by atoms with Crippen LogP contribution in [0.4, 0.5) is 5.69 Å². The van der Waals surface area contributed by atoms with Crippen molar-refractivity contribution in [1.29, 1.82) is 0 Å². The summed E-state index contributed by atoms with van der Waals surface area (Å²) >= 11 is 7.24. The molecule has 1 aromatic rings. The number of anilines is 1. The van der Waals surface area contributed by atoms with E-state index in [4.69, 9.17) is 5.11 Å². The average molecular weight is 500 g/mol. The van der Waals surface area contributed by atoms with Crippen molar-refractivity contribution < 1.29 is 24.3 Å². The maximum atomic E-state index is 12.8. The molecule has 9 heteroatoms. The summed E-state index contributed by atoms with van der Waals surface area (Å²) in [6, 6.07) is 5.81. The van der Waals surface area contributed by atoms with E-state index in [1.54, 1.807) is 6.07 Å². The summed E-state index contributed by atoms with van der Waals surface area (Å²) in [5.41, 5.74) is 0.347. The average Bonchev–Trinajstić information content (AvgIpc) is 3.22. The van der Waals surface area contributed by atoms with Gasteiger partial charge < -0.3 is 10.4 Å². The molecule has 1 saturated heterocycles. The van der Waals surface area contributed by atoms with Crippen LogP contribution in [0.15, 0.2) is 24.3 Å². The maximum Gasteiger partial charge on any atom is 0.335 e. The number of alkyl halides is 2. The standard InChI is InChI=1S/C18H16Br2N2O5/c19-14-9-5-10(15(14)20)13-12(9)16(24)22(17(13)25)6-11(23)21-8-3-1-2-7(4-8)18(26)27/h1-4,9-10,12-15H,5-6H2,(H,21,23)(H,26,27)/t9-,10-,12-,13-,14-,15+/m1/s1. The Kier molecular flexibility index (Phi) is 4.62. The lowest BCUT2D eigenvalue weighted by Crippen LogP contribution is -2.39. The van der Waals surface area contributed by atoms with Crippen molar-refractivity contribution in [2.75, 3.05) is 11.9 Å². The molecule has 0 spiro atoms. The number of carbonyl (C=O) groups excluding carboxylic acids is 3. The smallest absolute Gasteiger partial charge is 0.335 e. The third-order valence-corrected chi connectivity index (χ3v) is 8.98. The fourth-order valence-corrected chi connectivity index (χ4v) is 6.51. The van der Waals surface area contributed by atoms with E-state index < -0.39 is 11.9 Å². The zero-order chi connectivity index (χ0) is 19.5. The van der Waals surface area contributed by atoms with Gasteiger partial charge in [0.05, 0.1) is 17.4 Å². The molecule has 2 aliphatic carbocycles. The highest BCUT2D eigenvalue weighted by Crippen LogP contribution is 2.60. The Morgan fingerprint density at radius 1 is 1.11 bits per heavy atom. The van der Waals surface area contributed by atoms with E-state index in [2.05, 4.69) is 37.2 Å². The lowest BCUT2D eigenvalue weighted by Gasteiger charge is -2.28.